The fourth-order valence-corrected chi connectivity index (χ4v) is 2.27. The van der Waals surface area contributed by atoms with Crippen LogP contribution in [0.25, 0.3) is 0 Å². The van der Waals surface area contributed by atoms with Crippen LogP contribution in [0.4, 0.5) is 5.69 Å². The molecule has 0 amide bonds. The van der Waals surface area contributed by atoms with Crippen molar-refractivity contribution in [1.29, 1.82) is 0 Å². The Labute approximate surface area is 107 Å². The van der Waals surface area contributed by atoms with Gasteiger partial charge in [0.15, 0.2) is 0 Å². The number of ether oxygens (including phenoxy) is 1. The number of nitro groups is 1. The van der Waals surface area contributed by atoms with E-state index in [0.29, 0.717) is 16.3 Å². The zero-order valence-corrected chi connectivity index (χ0v) is 10.9. The summed E-state index contributed by atoms with van der Waals surface area (Å²) < 4.78 is 6.30. The largest absolute Gasteiger partial charge is 0.483 e. The van der Waals surface area contributed by atoms with Crippen LogP contribution in [0, 0.1) is 10.1 Å². The number of nitro benzene ring substituents is 1. The molecule has 6 heteroatoms. The van der Waals surface area contributed by atoms with E-state index in [4.69, 9.17) is 4.74 Å². The van der Waals surface area contributed by atoms with Crippen molar-refractivity contribution in [3.63, 3.8) is 0 Å². The Balaban J connectivity index is 2.12. The summed E-state index contributed by atoms with van der Waals surface area (Å²) in [6.07, 6.45) is 1.83. The lowest BCUT2D eigenvalue weighted by Crippen LogP contribution is -2.45. The minimum atomic E-state index is -0.422. The highest BCUT2D eigenvalue weighted by Crippen LogP contribution is 2.37. The Morgan fingerprint density at radius 1 is 1.53 bits per heavy atom. The number of halogens is 1. The molecule has 1 fully saturated rings. The molecule has 1 aliphatic carbocycles. The molecule has 5 nitrogen and oxygen atoms in total. The van der Waals surface area contributed by atoms with Gasteiger partial charge in [-0.1, -0.05) is 6.07 Å². The molecule has 1 aromatic carbocycles. The van der Waals surface area contributed by atoms with Crippen LogP contribution in [0.5, 0.6) is 5.75 Å². The third-order valence-corrected chi connectivity index (χ3v) is 3.55. The minimum Gasteiger partial charge on any atom is -0.483 e. The summed E-state index contributed by atoms with van der Waals surface area (Å²) in [5.41, 5.74) is 0.00674. The number of para-hydroxylation sites is 1. The van der Waals surface area contributed by atoms with Gasteiger partial charge < -0.3 is 10.1 Å². The third-order valence-electron chi connectivity index (χ3n) is 2.93. The van der Waals surface area contributed by atoms with Gasteiger partial charge in [0.25, 0.3) is 0 Å². The molecule has 1 saturated carbocycles. The lowest BCUT2D eigenvalue weighted by Gasteiger charge is -2.35. The molecule has 0 spiro atoms. The molecule has 1 aliphatic rings. The van der Waals surface area contributed by atoms with Crippen LogP contribution in [0.3, 0.4) is 0 Å². The van der Waals surface area contributed by atoms with Crippen molar-refractivity contribution >= 4 is 21.6 Å². The van der Waals surface area contributed by atoms with Gasteiger partial charge in [-0.15, -0.1) is 0 Å². The first-order valence-electron chi connectivity index (χ1n) is 5.38. The molecule has 0 atom stereocenters. The van der Waals surface area contributed by atoms with Gasteiger partial charge in [-0.2, -0.15) is 0 Å². The number of nitrogens with one attached hydrogen (secondary N) is 1. The SMILES string of the molecule is CNC1CC(Oc2c(Br)cccc2[N+](=O)[O-])C1. The van der Waals surface area contributed by atoms with Crippen molar-refractivity contribution in [2.24, 2.45) is 0 Å². The number of benzene rings is 1. The zero-order chi connectivity index (χ0) is 12.4. The summed E-state index contributed by atoms with van der Waals surface area (Å²) in [5.74, 6) is 0.331. The highest BCUT2D eigenvalue weighted by atomic mass is 79.9. The maximum Gasteiger partial charge on any atom is 0.312 e. The topological polar surface area (TPSA) is 64.4 Å². The van der Waals surface area contributed by atoms with Gasteiger partial charge in [-0.25, -0.2) is 0 Å². The van der Waals surface area contributed by atoms with Crippen LogP contribution in [0.2, 0.25) is 0 Å². The van der Waals surface area contributed by atoms with Gasteiger partial charge >= 0.3 is 5.69 Å². The first-order valence-corrected chi connectivity index (χ1v) is 6.18. The summed E-state index contributed by atoms with van der Waals surface area (Å²) in [5, 5.41) is 14.0. The van der Waals surface area contributed by atoms with Gasteiger partial charge in [-0.3, -0.25) is 10.1 Å². The number of hydrogen-bond acceptors (Lipinski definition) is 4. The van der Waals surface area contributed by atoms with Crippen molar-refractivity contribution in [1.82, 2.24) is 5.32 Å². The highest BCUT2D eigenvalue weighted by molar-refractivity contribution is 9.10. The molecule has 1 N–H and O–H groups in total. The van der Waals surface area contributed by atoms with E-state index in [9.17, 15) is 10.1 Å². The van der Waals surface area contributed by atoms with Crippen LogP contribution in [0.1, 0.15) is 12.8 Å². The predicted molar refractivity (Wildman–Crippen MR) is 67.3 cm³/mol. The second kappa shape index (κ2) is 5.01. The van der Waals surface area contributed by atoms with Crippen molar-refractivity contribution in [3.05, 3.63) is 32.8 Å². The monoisotopic (exact) mass is 300 g/mol. The Hall–Kier alpha value is -1.14. The molecular formula is C11H13BrN2O3. The molecule has 0 bridgehead atoms. The number of nitrogens with zero attached hydrogens (tertiary/aromatic N) is 1. The number of hydrogen-bond donors (Lipinski definition) is 1. The van der Waals surface area contributed by atoms with Crippen molar-refractivity contribution in [2.75, 3.05) is 7.05 Å². The van der Waals surface area contributed by atoms with E-state index in [-0.39, 0.29) is 11.8 Å². The van der Waals surface area contributed by atoms with E-state index in [1.165, 1.54) is 6.07 Å². The summed E-state index contributed by atoms with van der Waals surface area (Å²) in [6, 6.07) is 5.29. The quantitative estimate of drug-likeness (QED) is 0.685. The molecule has 0 aromatic heterocycles. The van der Waals surface area contributed by atoms with Crippen LogP contribution < -0.4 is 10.1 Å². The second-order valence-electron chi connectivity index (χ2n) is 4.04. The average molecular weight is 301 g/mol. The lowest BCUT2D eigenvalue weighted by atomic mass is 9.89. The summed E-state index contributed by atoms with van der Waals surface area (Å²) in [6.45, 7) is 0. The van der Waals surface area contributed by atoms with E-state index >= 15 is 0 Å². The molecule has 0 saturated heterocycles. The molecule has 1 aromatic rings. The summed E-state index contributed by atoms with van der Waals surface area (Å²) in [7, 11) is 1.90. The second-order valence-corrected chi connectivity index (χ2v) is 4.90. The van der Waals surface area contributed by atoms with E-state index in [1.54, 1.807) is 12.1 Å². The van der Waals surface area contributed by atoms with Crippen LogP contribution in [0.15, 0.2) is 22.7 Å². The molecule has 92 valence electrons. The fraction of sp³-hybridized carbons (Fsp3) is 0.455. The first kappa shape index (κ1) is 12.3. The number of rotatable bonds is 4. The normalized spacial score (nSPS) is 22.9. The van der Waals surface area contributed by atoms with E-state index in [0.717, 1.165) is 12.8 Å². The van der Waals surface area contributed by atoms with Gasteiger partial charge in [0.1, 0.15) is 6.10 Å². The Morgan fingerprint density at radius 2 is 2.24 bits per heavy atom. The molecule has 0 heterocycles. The van der Waals surface area contributed by atoms with E-state index < -0.39 is 4.92 Å². The highest BCUT2D eigenvalue weighted by Gasteiger charge is 2.32. The van der Waals surface area contributed by atoms with Crippen LogP contribution >= 0.6 is 15.9 Å². The van der Waals surface area contributed by atoms with Crippen LogP contribution in [-0.2, 0) is 0 Å². The third kappa shape index (κ3) is 2.58. The maximum atomic E-state index is 10.9. The zero-order valence-electron chi connectivity index (χ0n) is 9.35. The van der Waals surface area contributed by atoms with Gasteiger partial charge in [0.05, 0.1) is 9.40 Å². The van der Waals surface area contributed by atoms with Gasteiger partial charge in [0.2, 0.25) is 5.75 Å². The van der Waals surface area contributed by atoms with Crippen molar-refractivity contribution in [2.45, 2.75) is 25.0 Å². The predicted octanol–water partition coefficient (Wildman–Crippen LogP) is 2.49. The molecule has 0 unspecified atom stereocenters. The summed E-state index contributed by atoms with van der Waals surface area (Å²) >= 11 is 3.28. The fourth-order valence-electron chi connectivity index (χ4n) is 1.82. The smallest absolute Gasteiger partial charge is 0.312 e. The summed E-state index contributed by atoms with van der Waals surface area (Å²) in [4.78, 5) is 10.5. The molecule has 2 rings (SSSR count). The Kier molecular flexibility index (Phi) is 3.63. The molecule has 0 radical (unpaired) electrons. The lowest BCUT2D eigenvalue weighted by molar-refractivity contribution is -0.386. The minimum absolute atomic E-state index is 0.00674. The van der Waals surface area contributed by atoms with E-state index in [1.807, 2.05) is 7.05 Å². The van der Waals surface area contributed by atoms with Gasteiger partial charge in [-0.05, 0) is 41.9 Å². The first-order chi connectivity index (χ1) is 8.11. The Bertz CT molecular complexity index is 433. The van der Waals surface area contributed by atoms with E-state index in [2.05, 4.69) is 21.2 Å². The standard InChI is InChI=1S/C11H13BrN2O3/c1-13-7-5-8(6-7)17-11-9(12)3-2-4-10(11)14(15)16/h2-4,7-8,13H,5-6H2,1H3. The Morgan fingerprint density at radius 3 is 2.82 bits per heavy atom. The molecule has 17 heavy (non-hydrogen) atoms. The molecule has 0 aliphatic heterocycles. The average Bonchev–Trinajstić information content (AvgIpc) is 2.24. The van der Waals surface area contributed by atoms with Gasteiger partial charge in [0, 0.05) is 12.1 Å². The van der Waals surface area contributed by atoms with Crippen LogP contribution in [-0.4, -0.2) is 24.1 Å². The molecular weight excluding hydrogens is 288 g/mol. The van der Waals surface area contributed by atoms with Crippen molar-refractivity contribution < 1.29 is 9.66 Å². The van der Waals surface area contributed by atoms with Crippen molar-refractivity contribution in [3.8, 4) is 5.75 Å². The maximum absolute atomic E-state index is 10.9.